The van der Waals surface area contributed by atoms with Crippen LogP contribution >= 0.6 is 0 Å². The quantitative estimate of drug-likeness (QED) is 0.550. The molecule has 2 unspecified atom stereocenters. The van der Waals surface area contributed by atoms with Crippen LogP contribution in [0.1, 0.15) is 19.8 Å². The molecule has 13 heavy (non-hydrogen) atoms. The summed E-state index contributed by atoms with van der Waals surface area (Å²) in [7, 11) is 0. The zero-order valence-electron chi connectivity index (χ0n) is 7.02. The second-order valence-corrected chi connectivity index (χ2v) is 3.38. The Bertz CT molecular complexity index is 244. The minimum Gasteiger partial charge on any atom is -0.299 e. The van der Waals surface area contributed by atoms with Gasteiger partial charge in [-0.2, -0.15) is 13.2 Å². The lowest BCUT2D eigenvalue weighted by atomic mass is 9.78. The van der Waals surface area contributed by atoms with E-state index in [1.807, 2.05) is 0 Å². The monoisotopic (exact) mass is 194 g/mol. The SMILES string of the molecule is CC1CC(=O)CC(=O)C1C(F)(F)F. The number of ketones is 2. The van der Waals surface area contributed by atoms with Crippen molar-refractivity contribution in [1.82, 2.24) is 0 Å². The van der Waals surface area contributed by atoms with Crippen LogP contribution in [0.25, 0.3) is 0 Å². The van der Waals surface area contributed by atoms with Crippen molar-refractivity contribution in [2.75, 3.05) is 0 Å². The van der Waals surface area contributed by atoms with Crippen LogP contribution in [-0.4, -0.2) is 17.7 Å². The van der Waals surface area contributed by atoms with Crippen molar-refractivity contribution in [3.8, 4) is 0 Å². The molecule has 1 aliphatic rings. The molecule has 0 amide bonds. The fraction of sp³-hybridized carbons (Fsp3) is 0.750. The fourth-order valence-corrected chi connectivity index (χ4v) is 1.68. The molecule has 0 aliphatic heterocycles. The first-order valence-corrected chi connectivity index (χ1v) is 3.93. The summed E-state index contributed by atoms with van der Waals surface area (Å²) in [6.45, 7) is 1.28. The molecule has 2 atom stereocenters. The molecular formula is C8H9F3O2. The van der Waals surface area contributed by atoms with Gasteiger partial charge in [-0.25, -0.2) is 0 Å². The normalized spacial score (nSPS) is 30.8. The maximum absolute atomic E-state index is 12.2. The molecule has 1 saturated carbocycles. The molecule has 0 bridgehead atoms. The number of rotatable bonds is 0. The van der Waals surface area contributed by atoms with E-state index < -0.39 is 36.0 Å². The van der Waals surface area contributed by atoms with Crippen LogP contribution in [0.15, 0.2) is 0 Å². The lowest BCUT2D eigenvalue weighted by molar-refractivity contribution is -0.194. The maximum Gasteiger partial charge on any atom is 0.398 e. The Balaban J connectivity index is 2.85. The molecule has 2 nitrogen and oxygen atoms in total. The molecular weight excluding hydrogens is 185 g/mol. The molecule has 0 saturated heterocycles. The third-order valence-corrected chi connectivity index (χ3v) is 2.19. The topological polar surface area (TPSA) is 34.1 Å². The van der Waals surface area contributed by atoms with Crippen molar-refractivity contribution in [3.05, 3.63) is 0 Å². The molecule has 74 valence electrons. The third kappa shape index (κ3) is 2.08. The first kappa shape index (κ1) is 10.2. The first-order valence-electron chi connectivity index (χ1n) is 3.93. The highest BCUT2D eigenvalue weighted by Crippen LogP contribution is 2.37. The Kier molecular flexibility index (Phi) is 2.45. The summed E-state index contributed by atoms with van der Waals surface area (Å²) < 4.78 is 36.7. The van der Waals surface area contributed by atoms with Gasteiger partial charge in [0.2, 0.25) is 0 Å². The van der Waals surface area contributed by atoms with Crippen molar-refractivity contribution in [3.63, 3.8) is 0 Å². The van der Waals surface area contributed by atoms with Gasteiger partial charge in [-0.05, 0) is 5.92 Å². The Morgan fingerprint density at radius 1 is 1.31 bits per heavy atom. The number of halogens is 3. The van der Waals surface area contributed by atoms with Gasteiger partial charge in [0, 0.05) is 6.42 Å². The standard InChI is InChI=1S/C8H9F3O2/c1-4-2-5(12)3-6(13)7(4)8(9,10)11/h4,7H,2-3H2,1H3. The zero-order valence-corrected chi connectivity index (χ0v) is 7.02. The number of carbonyl (C=O) groups is 2. The van der Waals surface area contributed by atoms with E-state index in [-0.39, 0.29) is 6.42 Å². The van der Waals surface area contributed by atoms with E-state index in [0.29, 0.717) is 0 Å². The first-order chi connectivity index (χ1) is 5.82. The van der Waals surface area contributed by atoms with Crippen LogP contribution in [0.3, 0.4) is 0 Å². The summed E-state index contributed by atoms with van der Waals surface area (Å²) in [4.78, 5) is 21.7. The Labute approximate surface area is 73.1 Å². The average Bonchev–Trinajstić information content (AvgIpc) is 1.78. The predicted octanol–water partition coefficient (Wildman–Crippen LogP) is 1.73. The Morgan fingerprint density at radius 2 is 1.85 bits per heavy atom. The minimum atomic E-state index is -4.50. The molecule has 1 rings (SSSR count). The molecule has 0 aromatic rings. The number of hydrogen-bond donors (Lipinski definition) is 0. The molecule has 1 fully saturated rings. The number of alkyl halides is 3. The summed E-state index contributed by atoms with van der Waals surface area (Å²) in [5.41, 5.74) is 0. The van der Waals surface area contributed by atoms with Crippen LogP contribution in [0.2, 0.25) is 0 Å². The lowest BCUT2D eigenvalue weighted by Crippen LogP contribution is -2.41. The zero-order chi connectivity index (χ0) is 10.2. The van der Waals surface area contributed by atoms with Gasteiger partial charge in [0.25, 0.3) is 0 Å². The summed E-state index contributed by atoms with van der Waals surface area (Å²) in [5.74, 6) is -4.23. The van der Waals surface area contributed by atoms with Crippen molar-refractivity contribution >= 4 is 11.6 Å². The summed E-state index contributed by atoms with van der Waals surface area (Å²) >= 11 is 0. The van der Waals surface area contributed by atoms with Gasteiger partial charge in [0.1, 0.15) is 11.7 Å². The fourth-order valence-electron chi connectivity index (χ4n) is 1.68. The van der Waals surface area contributed by atoms with Crippen LogP contribution in [0.5, 0.6) is 0 Å². The molecule has 0 aromatic carbocycles. The van der Waals surface area contributed by atoms with Crippen molar-refractivity contribution in [2.45, 2.75) is 25.9 Å². The van der Waals surface area contributed by atoms with Crippen molar-refractivity contribution < 1.29 is 22.8 Å². The minimum absolute atomic E-state index is 0.143. The second-order valence-electron chi connectivity index (χ2n) is 3.38. The highest BCUT2D eigenvalue weighted by Gasteiger charge is 2.50. The second kappa shape index (κ2) is 3.12. The molecule has 5 heteroatoms. The summed E-state index contributed by atoms with van der Waals surface area (Å²) in [6.07, 6.45) is -5.21. The summed E-state index contributed by atoms with van der Waals surface area (Å²) in [5, 5.41) is 0. The molecule has 0 N–H and O–H groups in total. The van der Waals surface area contributed by atoms with E-state index in [4.69, 9.17) is 0 Å². The van der Waals surface area contributed by atoms with E-state index in [9.17, 15) is 22.8 Å². The third-order valence-electron chi connectivity index (χ3n) is 2.19. The van der Waals surface area contributed by atoms with Gasteiger partial charge < -0.3 is 0 Å². The summed E-state index contributed by atoms with van der Waals surface area (Å²) in [6, 6.07) is 0. The smallest absolute Gasteiger partial charge is 0.299 e. The van der Waals surface area contributed by atoms with Crippen molar-refractivity contribution in [1.29, 1.82) is 0 Å². The molecule has 1 aliphatic carbocycles. The van der Waals surface area contributed by atoms with E-state index in [2.05, 4.69) is 0 Å². The van der Waals surface area contributed by atoms with Gasteiger partial charge in [-0.1, -0.05) is 6.92 Å². The lowest BCUT2D eigenvalue weighted by Gasteiger charge is -2.28. The van der Waals surface area contributed by atoms with E-state index in [1.165, 1.54) is 6.92 Å². The largest absolute Gasteiger partial charge is 0.398 e. The van der Waals surface area contributed by atoms with Crippen LogP contribution < -0.4 is 0 Å². The van der Waals surface area contributed by atoms with Gasteiger partial charge in [-0.15, -0.1) is 0 Å². The van der Waals surface area contributed by atoms with Crippen LogP contribution in [0.4, 0.5) is 13.2 Å². The van der Waals surface area contributed by atoms with E-state index in [1.54, 1.807) is 0 Å². The molecule has 0 radical (unpaired) electrons. The molecule has 0 heterocycles. The molecule has 0 aromatic heterocycles. The van der Waals surface area contributed by atoms with E-state index >= 15 is 0 Å². The van der Waals surface area contributed by atoms with E-state index in [0.717, 1.165) is 0 Å². The predicted molar refractivity (Wildman–Crippen MR) is 38.0 cm³/mol. The Morgan fingerprint density at radius 3 is 2.23 bits per heavy atom. The van der Waals surface area contributed by atoms with Crippen molar-refractivity contribution in [2.24, 2.45) is 11.8 Å². The maximum atomic E-state index is 12.2. The average molecular weight is 194 g/mol. The van der Waals surface area contributed by atoms with Crippen LogP contribution in [0, 0.1) is 11.8 Å². The van der Waals surface area contributed by atoms with Gasteiger partial charge >= 0.3 is 6.18 Å². The van der Waals surface area contributed by atoms with Gasteiger partial charge in [-0.3, -0.25) is 9.59 Å². The highest BCUT2D eigenvalue weighted by atomic mass is 19.4. The van der Waals surface area contributed by atoms with Gasteiger partial charge in [0.05, 0.1) is 6.42 Å². The molecule has 0 spiro atoms. The Hall–Kier alpha value is -0.870. The number of carbonyl (C=O) groups excluding carboxylic acids is 2. The highest BCUT2D eigenvalue weighted by molar-refractivity contribution is 6.03. The van der Waals surface area contributed by atoms with Gasteiger partial charge in [0.15, 0.2) is 5.78 Å². The van der Waals surface area contributed by atoms with Crippen LogP contribution in [-0.2, 0) is 9.59 Å². The number of hydrogen-bond acceptors (Lipinski definition) is 2. The number of Topliss-reactive ketones (excluding diaryl/α,β-unsaturated/α-hetero) is 2.